The van der Waals surface area contributed by atoms with Crippen LogP contribution in [0.2, 0.25) is 5.02 Å². The number of thiophene rings is 1. The van der Waals surface area contributed by atoms with Gasteiger partial charge in [-0.3, -0.25) is 4.79 Å². The molecule has 0 saturated carbocycles. The van der Waals surface area contributed by atoms with E-state index in [9.17, 15) is 4.79 Å². The number of nitrogens with zero attached hydrogens (tertiary/aromatic N) is 5. The molecule has 0 radical (unpaired) electrons. The Morgan fingerprint density at radius 2 is 1.97 bits per heavy atom. The number of hydrogen-bond acceptors (Lipinski definition) is 7. The Bertz CT molecular complexity index is 1490. The molecule has 0 amide bonds. The molecule has 0 atom stereocenters. The molecule has 3 heterocycles. The summed E-state index contributed by atoms with van der Waals surface area (Å²) in [5.74, 6) is 1.01. The summed E-state index contributed by atoms with van der Waals surface area (Å²) >= 11 is 8.86. The number of hydrogen-bond donors (Lipinski definition) is 1. The quantitative estimate of drug-likeness (QED) is 0.348. The Morgan fingerprint density at radius 3 is 2.78 bits per heavy atom. The first-order valence-corrected chi connectivity index (χ1v) is 12.0. The van der Waals surface area contributed by atoms with Crippen molar-refractivity contribution in [3.8, 4) is 16.8 Å². The maximum absolute atomic E-state index is 12.9. The van der Waals surface area contributed by atoms with Crippen LogP contribution >= 0.6 is 34.7 Å². The number of aromatic nitrogens is 6. The molecule has 0 spiro atoms. The van der Waals surface area contributed by atoms with E-state index in [1.54, 1.807) is 4.68 Å². The normalized spacial score (nSPS) is 11.3. The van der Waals surface area contributed by atoms with Crippen LogP contribution < -0.4 is 5.56 Å². The summed E-state index contributed by atoms with van der Waals surface area (Å²) < 4.78 is 1.72. The van der Waals surface area contributed by atoms with Crippen LogP contribution in [-0.4, -0.2) is 30.2 Å². The summed E-state index contributed by atoms with van der Waals surface area (Å²) in [4.78, 5) is 21.2. The van der Waals surface area contributed by atoms with Gasteiger partial charge < -0.3 is 4.98 Å². The third kappa shape index (κ3) is 3.94. The zero-order valence-electron chi connectivity index (χ0n) is 17.2. The van der Waals surface area contributed by atoms with Crippen molar-refractivity contribution in [1.82, 2.24) is 30.2 Å². The fourth-order valence-corrected chi connectivity index (χ4v) is 5.25. The van der Waals surface area contributed by atoms with E-state index in [1.807, 2.05) is 55.6 Å². The van der Waals surface area contributed by atoms with E-state index in [0.29, 0.717) is 32.0 Å². The second-order valence-electron chi connectivity index (χ2n) is 7.30. The number of aryl methyl sites for hydroxylation is 2. The van der Waals surface area contributed by atoms with Gasteiger partial charge in [-0.15, -0.1) is 16.4 Å². The third-order valence-electron chi connectivity index (χ3n) is 5.02. The Kier molecular flexibility index (Phi) is 5.54. The minimum absolute atomic E-state index is 0.161. The molecular weight excluding hydrogens is 464 g/mol. The van der Waals surface area contributed by atoms with E-state index in [1.165, 1.54) is 23.1 Å². The summed E-state index contributed by atoms with van der Waals surface area (Å²) in [5, 5.41) is 16.0. The molecule has 0 bridgehead atoms. The molecule has 0 saturated heterocycles. The SMILES string of the molecule is Cc1ccc(C)c(-n2nnnc2SCc2nc3scc(-c4ccc(Cl)cc4)c3c(=O)[nH]2)c1. The van der Waals surface area contributed by atoms with E-state index in [-0.39, 0.29) is 5.56 Å². The standard InChI is InChI=1S/C22H17ClN6OS2/c1-12-3-4-13(2)17(9-12)29-22(26-27-28-29)32-11-18-24-20(30)19-16(10-31-21(19)25-18)14-5-7-15(23)8-6-14/h3-10H,11H2,1-2H3,(H,24,25,30). The van der Waals surface area contributed by atoms with Gasteiger partial charge in [-0.25, -0.2) is 4.98 Å². The van der Waals surface area contributed by atoms with Gasteiger partial charge in [-0.1, -0.05) is 47.6 Å². The molecule has 7 nitrogen and oxygen atoms in total. The van der Waals surface area contributed by atoms with Gasteiger partial charge in [0.1, 0.15) is 10.7 Å². The third-order valence-corrected chi connectivity index (χ3v) is 7.07. The van der Waals surface area contributed by atoms with Crippen molar-refractivity contribution >= 4 is 44.9 Å². The van der Waals surface area contributed by atoms with Crippen LogP contribution in [0.5, 0.6) is 0 Å². The van der Waals surface area contributed by atoms with Crippen LogP contribution in [0.4, 0.5) is 0 Å². The minimum Gasteiger partial charge on any atom is -0.309 e. The fraction of sp³-hybridized carbons (Fsp3) is 0.136. The van der Waals surface area contributed by atoms with E-state index in [0.717, 1.165) is 27.9 Å². The molecule has 5 rings (SSSR count). The highest BCUT2D eigenvalue weighted by Crippen LogP contribution is 2.32. The lowest BCUT2D eigenvalue weighted by Gasteiger charge is -2.08. The summed E-state index contributed by atoms with van der Waals surface area (Å²) in [7, 11) is 0. The monoisotopic (exact) mass is 480 g/mol. The Morgan fingerprint density at radius 1 is 1.16 bits per heavy atom. The number of aromatic amines is 1. The summed E-state index contributed by atoms with van der Waals surface area (Å²) in [5.41, 5.74) is 4.76. The molecule has 10 heteroatoms. The smallest absolute Gasteiger partial charge is 0.260 e. The fourth-order valence-electron chi connectivity index (χ4n) is 3.40. The maximum atomic E-state index is 12.9. The molecule has 0 unspecified atom stereocenters. The van der Waals surface area contributed by atoms with Crippen molar-refractivity contribution < 1.29 is 0 Å². The number of benzene rings is 2. The number of nitrogens with one attached hydrogen (secondary N) is 1. The molecule has 3 aromatic heterocycles. The van der Waals surface area contributed by atoms with Crippen LogP contribution in [0.25, 0.3) is 27.0 Å². The van der Waals surface area contributed by atoms with Gasteiger partial charge in [-0.05, 0) is 59.2 Å². The van der Waals surface area contributed by atoms with Crippen LogP contribution in [0.3, 0.4) is 0 Å². The first-order chi connectivity index (χ1) is 15.5. The average molecular weight is 481 g/mol. The highest BCUT2D eigenvalue weighted by molar-refractivity contribution is 7.98. The lowest BCUT2D eigenvalue weighted by Crippen LogP contribution is -2.11. The van der Waals surface area contributed by atoms with Crippen LogP contribution in [0, 0.1) is 13.8 Å². The van der Waals surface area contributed by atoms with E-state index < -0.39 is 0 Å². The molecule has 0 aliphatic carbocycles. The van der Waals surface area contributed by atoms with Gasteiger partial charge >= 0.3 is 0 Å². The predicted octanol–water partition coefficient (Wildman–Crippen LogP) is 5.19. The molecule has 2 aromatic carbocycles. The molecule has 0 fully saturated rings. The zero-order valence-corrected chi connectivity index (χ0v) is 19.6. The highest BCUT2D eigenvalue weighted by atomic mass is 35.5. The van der Waals surface area contributed by atoms with Crippen molar-refractivity contribution in [1.29, 1.82) is 0 Å². The van der Waals surface area contributed by atoms with Gasteiger partial charge in [0, 0.05) is 16.0 Å². The van der Waals surface area contributed by atoms with Crippen LogP contribution in [0.1, 0.15) is 17.0 Å². The number of tetrazole rings is 1. The predicted molar refractivity (Wildman–Crippen MR) is 129 cm³/mol. The lowest BCUT2D eigenvalue weighted by atomic mass is 10.1. The number of rotatable bonds is 5. The average Bonchev–Trinajstić information content (AvgIpc) is 3.42. The van der Waals surface area contributed by atoms with Gasteiger partial charge in [0.05, 0.1) is 16.8 Å². The van der Waals surface area contributed by atoms with Crippen molar-refractivity contribution in [2.75, 3.05) is 0 Å². The van der Waals surface area contributed by atoms with Crippen molar-refractivity contribution in [3.63, 3.8) is 0 Å². The Balaban J connectivity index is 1.43. The van der Waals surface area contributed by atoms with Crippen molar-refractivity contribution in [3.05, 3.63) is 80.2 Å². The van der Waals surface area contributed by atoms with E-state index in [2.05, 4.69) is 31.6 Å². The number of H-pyrrole nitrogens is 1. The number of thioether (sulfide) groups is 1. The number of fused-ring (bicyclic) bond motifs is 1. The van der Waals surface area contributed by atoms with Crippen LogP contribution in [-0.2, 0) is 5.75 Å². The summed E-state index contributed by atoms with van der Waals surface area (Å²) in [6.45, 7) is 4.05. The number of halogens is 1. The summed E-state index contributed by atoms with van der Waals surface area (Å²) in [6.07, 6.45) is 0. The Labute approximate surface area is 196 Å². The maximum Gasteiger partial charge on any atom is 0.260 e. The molecule has 5 aromatic rings. The zero-order chi connectivity index (χ0) is 22.2. The molecule has 32 heavy (non-hydrogen) atoms. The first-order valence-electron chi connectivity index (χ1n) is 9.75. The molecule has 160 valence electrons. The van der Waals surface area contributed by atoms with Gasteiger partial charge in [0.2, 0.25) is 5.16 Å². The second kappa shape index (κ2) is 8.50. The van der Waals surface area contributed by atoms with Gasteiger partial charge in [0.15, 0.2) is 0 Å². The van der Waals surface area contributed by atoms with E-state index >= 15 is 0 Å². The molecule has 0 aliphatic rings. The molecular formula is C22H17ClN6OS2. The van der Waals surface area contributed by atoms with E-state index in [4.69, 9.17) is 11.6 Å². The Hall–Kier alpha value is -3.01. The topological polar surface area (TPSA) is 89.3 Å². The second-order valence-corrected chi connectivity index (χ2v) is 9.54. The molecule has 1 N–H and O–H groups in total. The first kappa shape index (κ1) is 20.9. The largest absolute Gasteiger partial charge is 0.309 e. The van der Waals surface area contributed by atoms with Gasteiger partial charge in [-0.2, -0.15) is 4.68 Å². The van der Waals surface area contributed by atoms with Gasteiger partial charge in [0.25, 0.3) is 5.56 Å². The highest BCUT2D eigenvalue weighted by Gasteiger charge is 2.15. The minimum atomic E-state index is -0.161. The van der Waals surface area contributed by atoms with Crippen LogP contribution in [0.15, 0.2) is 57.8 Å². The van der Waals surface area contributed by atoms with Crippen molar-refractivity contribution in [2.24, 2.45) is 0 Å². The lowest BCUT2D eigenvalue weighted by molar-refractivity contribution is 0.751. The summed E-state index contributed by atoms with van der Waals surface area (Å²) in [6, 6.07) is 13.6. The van der Waals surface area contributed by atoms with Crippen molar-refractivity contribution in [2.45, 2.75) is 24.8 Å². The molecule has 0 aliphatic heterocycles.